The lowest BCUT2D eigenvalue weighted by Crippen LogP contribution is -2.16. The average molecular weight is 354 g/mol. The van der Waals surface area contributed by atoms with Gasteiger partial charge < -0.3 is 15.8 Å². The standard InChI is InChI=1S/C18H18N4O2S/c19-10-12-9-15(17(23)21-13-5-2-1-3-6-13)16(20)22-18(12)25-11-14-7-4-8-24-14/h1-3,5-6,9,14H,4,7-8,11H2,(H2,20,22)(H,21,23)/t14-/m1/s1. The number of carbonyl (C=O) groups excluding carboxylic acids is 1. The number of thioether (sulfide) groups is 1. The van der Waals surface area contributed by atoms with E-state index in [1.54, 1.807) is 12.1 Å². The number of nitrogens with two attached hydrogens (primary N) is 1. The molecule has 1 saturated heterocycles. The van der Waals surface area contributed by atoms with Crippen LogP contribution in [0.25, 0.3) is 0 Å². The molecule has 128 valence electrons. The van der Waals surface area contributed by atoms with Crippen LogP contribution in [0.4, 0.5) is 11.5 Å². The second-order valence-corrected chi connectivity index (χ2v) is 6.66. The SMILES string of the molecule is N#Cc1cc(C(=O)Nc2ccccc2)c(N)nc1SC[C@H]1CCCO1. The number of hydrogen-bond acceptors (Lipinski definition) is 6. The number of ether oxygens (including phenoxy) is 1. The Hall–Kier alpha value is -2.56. The van der Waals surface area contributed by atoms with Crippen LogP contribution in [0.2, 0.25) is 0 Å². The number of nitriles is 1. The predicted octanol–water partition coefficient (Wildman–Crippen LogP) is 3.06. The van der Waals surface area contributed by atoms with E-state index in [0.717, 1.165) is 25.2 Å². The molecule has 1 atom stereocenters. The van der Waals surface area contributed by atoms with Crippen molar-refractivity contribution in [3.63, 3.8) is 0 Å². The Bertz CT molecular complexity index is 799. The zero-order valence-corrected chi connectivity index (χ0v) is 14.4. The number of aromatic nitrogens is 1. The molecule has 6 nitrogen and oxygen atoms in total. The van der Waals surface area contributed by atoms with Gasteiger partial charge in [-0.25, -0.2) is 4.98 Å². The van der Waals surface area contributed by atoms with Gasteiger partial charge in [-0.1, -0.05) is 18.2 Å². The Morgan fingerprint density at radius 3 is 2.92 bits per heavy atom. The van der Waals surface area contributed by atoms with E-state index >= 15 is 0 Å². The number of pyridine rings is 1. The van der Waals surface area contributed by atoms with Crippen LogP contribution < -0.4 is 11.1 Å². The van der Waals surface area contributed by atoms with E-state index in [-0.39, 0.29) is 23.4 Å². The van der Waals surface area contributed by atoms with Crippen LogP contribution in [-0.4, -0.2) is 29.4 Å². The molecule has 1 aromatic heterocycles. The van der Waals surface area contributed by atoms with Gasteiger partial charge in [0.1, 0.15) is 16.9 Å². The number of benzene rings is 1. The molecule has 3 N–H and O–H groups in total. The van der Waals surface area contributed by atoms with E-state index in [1.807, 2.05) is 18.2 Å². The molecule has 0 bridgehead atoms. The maximum Gasteiger partial charge on any atom is 0.259 e. The van der Waals surface area contributed by atoms with Gasteiger partial charge in [0.05, 0.1) is 17.2 Å². The summed E-state index contributed by atoms with van der Waals surface area (Å²) >= 11 is 1.44. The smallest absolute Gasteiger partial charge is 0.259 e. The molecule has 25 heavy (non-hydrogen) atoms. The van der Waals surface area contributed by atoms with Crippen LogP contribution in [0.5, 0.6) is 0 Å². The summed E-state index contributed by atoms with van der Waals surface area (Å²) in [6.45, 7) is 0.782. The van der Waals surface area contributed by atoms with Gasteiger partial charge in [-0.3, -0.25) is 4.79 Å². The quantitative estimate of drug-likeness (QED) is 0.800. The molecule has 1 aliphatic rings. The van der Waals surface area contributed by atoms with E-state index in [0.29, 0.717) is 16.3 Å². The lowest BCUT2D eigenvalue weighted by molar-refractivity contribution is 0.102. The van der Waals surface area contributed by atoms with E-state index in [1.165, 1.54) is 17.8 Å². The van der Waals surface area contributed by atoms with Crippen molar-refractivity contribution in [3.8, 4) is 6.07 Å². The Morgan fingerprint density at radius 1 is 1.44 bits per heavy atom. The van der Waals surface area contributed by atoms with Gasteiger partial charge >= 0.3 is 0 Å². The maximum absolute atomic E-state index is 12.4. The summed E-state index contributed by atoms with van der Waals surface area (Å²) in [6, 6.07) is 12.7. The summed E-state index contributed by atoms with van der Waals surface area (Å²) in [4.78, 5) is 16.7. The molecule has 1 aromatic carbocycles. The Morgan fingerprint density at radius 2 is 2.24 bits per heavy atom. The minimum atomic E-state index is -0.386. The number of rotatable bonds is 5. The summed E-state index contributed by atoms with van der Waals surface area (Å²) in [6.07, 6.45) is 2.26. The number of para-hydroxylation sites is 1. The number of amides is 1. The average Bonchev–Trinajstić information content (AvgIpc) is 3.14. The molecular weight excluding hydrogens is 336 g/mol. The van der Waals surface area contributed by atoms with Crippen molar-refractivity contribution in [1.29, 1.82) is 5.26 Å². The second kappa shape index (κ2) is 8.01. The molecule has 0 aliphatic carbocycles. The van der Waals surface area contributed by atoms with Crippen molar-refractivity contribution in [2.24, 2.45) is 0 Å². The van der Waals surface area contributed by atoms with E-state index in [2.05, 4.69) is 16.4 Å². The number of hydrogen-bond donors (Lipinski definition) is 2. The maximum atomic E-state index is 12.4. The fraction of sp³-hybridized carbons (Fsp3) is 0.278. The number of carbonyl (C=O) groups is 1. The molecule has 3 rings (SSSR count). The first-order valence-corrected chi connectivity index (χ1v) is 8.97. The lowest BCUT2D eigenvalue weighted by atomic mass is 10.2. The summed E-state index contributed by atoms with van der Waals surface area (Å²) in [7, 11) is 0. The molecular formula is C18H18N4O2S. The summed E-state index contributed by atoms with van der Waals surface area (Å²) in [5.74, 6) is 0.446. The first-order valence-electron chi connectivity index (χ1n) is 7.99. The highest BCUT2D eigenvalue weighted by molar-refractivity contribution is 7.99. The predicted molar refractivity (Wildman–Crippen MR) is 97.5 cm³/mol. The van der Waals surface area contributed by atoms with Crippen molar-refractivity contribution in [2.75, 3.05) is 23.4 Å². The van der Waals surface area contributed by atoms with Gasteiger partial charge in [0.25, 0.3) is 5.91 Å². The molecule has 0 radical (unpaired) electrons. The molecule has 1 amide bonds. The summed E-state index contributed by atoms with van der Waals surface area (Å²) < 4.78 is 5.58. The summed E-state index contributed by atoms with van der Waals surface area (Å²) in [5, 5.41) is 12.7. The van der Waals surface area contributed by atoms with Gasteiger partial charge in [0.15, 0.2) is 0 Å². The highest BCUT2D eigenvalue weighted by atomic mass is 32.2. The van der Waals surface area contributed by atoms with E-state index < -0.39 is 0 Å². The zero-order valence-electron chi connectivity index (χ0n) is 13.6. The lowest BCUT2D eigenvalue weighted by Gasteiger charge is -2.12. The van der Waals surface area contributed by atoms with Gasteiger partial charge in [-0.15, -0.1) is 11.8 Å². The van der Waals surface area contributed by atoms with Gasteiger partial charge in [0, 0.05) is 18.0 Å². The first kappa shape index (κ1) is 17.3. The number of anilines is 2. The van der Waals surface area contributed by atoms with Crippen molar-refractivity contribution in [1.82, 2.24) is 4.98 Å². The third-order valence-corrected chi connectivity index (χ3v) is 4.97. The van der Waals surface area contributed by atoms with Crippen LogP contribution in [0.3, 0.4) is 0 Å². The highest BCUT2D eigenvalue weighted by Crippen LogP contribution is 2.27. The second-order valence-electron chi connectivity index (χ2n) is 5.65. The summed E-state index contributed by atoms with van der Waals surface area (Å²) in [5.41, 5.74) is 7.15. The molecule has 7 heteroatoms. The number of nitrogens with zero attached hydrogens (tertiary/aromatic N) is 2. The highest BCUT2D eigenvalue weighted by Gasteiger charge is 2.20. The minimum Gasteiger partial charge on any atom is -0.383 e. The molecule has 0 spiro atoms. The monoisotopic (exact) mass is 354 g/mol. The van der Waals surface area contributed by atoms with Crippen LogP contribution in [0.15, 0.2) is 41.4 Å². The number of nitrogen functional groups attached to an aromatic ring is 1. The van der Waals surface area contributed by atoms with Crippen molar-refractivity contribution < 1.29 is 9.53 Å². The third-order valence-electron chi connectivity index (χ3n) is 3.84. The fourth-order valence-corrected chi connectivity index (χ4v) is 3.58. The fourth-order valence-electron chi connectivity index (χ4n) is 2.55. The Labute approximate surface area is 150 Å². The van der Waals surface area contributed by atoms with E-state index in [9.17, 15) is 10.1 Å². The molecule has 1 fully saturated rings. The van der Waals surface area contributed by atoms with Gasteiger partial charge in [-0.05, 0) is 31.0 Å². The Kier molecular flexibility index (Phi) is 5.53. The largest absolute Gasteiger partial charge is 0.383 e. The molecule has 2 aromatic rings. The Balaban J connectivity index is 1.76. The van der Waals surface area contributed by atoms with Crippen LogP contribution in [0, 0.1) is 11.3 Å². The van der Waals surface area contributed by atoms with Crippen LogP contribution >= 0.6 is 11.8 Å². The van der Waals surface area contributed by atoms with Crippen molar-refractivity contribution in [3.05, 3.63) is 47.5 Å². The topological polar surface area (TPSA) is 101 Å². The van der Waals surface area contributed by atoms with Gasteiger partial charge in [0.2, 0.25) is 0 Å². The molecule has 0 saturated carbocycles. The number of nitrogens with one attached hydrogen (secondary N) is 1. The zero-order chi connectivity index (χ0) is 17.6. The van der Waals surface area contributed by atoms with Crippen molar-refractivity contribution in [2.45, 2.75) is 24.0 Å². The minimum absolute atomic E-state index is 0.113. The first-order chi connectivity index (χ1) is 12.2. The van der Waals surface area contributed by atoms with Crippen LogP contribution in [0.1, 0.15) is 28.8 Å². The molecule has 2 heterocycles. The third kappa shape index (κ3) is 4.29. The van der Waals surface area contributed by atoms with Crippen LogP contribution in [-0.2, 0) is 4.74 Å². The van der Waals surface area contributed by atoms with E-state index in [4.69, 9.17) is 10.5 Å². The van der Waals surface area contributed by atoms with Crippen molar-refractivity contribution >= 4 is 29.2 Å². The molecule has 0 unspecified atom stereocenters. The van der Waals surface area contributed by atoms with Gasteiger partial charge in [-0.2, -0.15) is 5.26 Å². The normalized spacial score (nSPS) is 16.4. The molecule has 1 aliphatic heterocycles.